The molecule has 1 aliphatic heterocycles. The monoisotopic (exact) mass is 382 g/mol. The summed E-state index contributed by atoms with van der Waals surface area (Å²) in [4.78, 5) is 26.6. The minimum absolute atomic E-state index is 0.0000577. The second kappa shape index (κ2) is 9.78. The second-order valence-corrected chi connectivity index (χ2v) is 6.78. The van der Waals surface area contributed by atoms with E-state index >= 15 is 0 Å². The highest BCUT2D eigenvalue weighted by atomic mass is 16.5. The molecule has 0 radical (unpaired) electrons. The van der Waals surface area contributed by atoms with Crippen LogP contribution >= 0.6 is 0 Å². The quantitative estimate of drug-likeness (QED) is 0.800. The van der Waals surface area contributed by atoms with Crippen molar-refractivity contribution in [3.8, 4) is 11.5 Å². The number of nitrogens with zero attached hydrogens (tertiary/aromatic N) is 1. The molecule has 2 aromatic rings. The zero-order chi connectivity index (χ0) is 19.8. The molecule has 1 aliphatic rings. The highest BCUT2D eigenvalue weighted by Crippen LogP contribution is 2.18. The fourth-order valence-electron chi connectivity index (χ4n) is 3.24. The number of nitrogens with one attached hydrogen (secondary N) is 1. The van der Waals surface area contributed by atoms with Gasteiger partial charge in [0.15, 0.2) is 0 Å². The van der Waals surface area contributed by atoms with Crippen LogP contribution in [0.5, 0.6) is 11.5 Å². The first-order valence-corrected chi connectivity index (χ1v) is 9.56. The molecule has 6 heteroatoms. The van der Waals surface area contributed by atoms with Crippen molar-refractivity contribution in [3.63, 3.8) is 0 Å². The molecule has 28 heavy (non-hydrogen) atoms. The molecule has 0 saturated carbocycles. The number of amides is 2. The van der Waals surface area contributed by atoms with Crippen LogP contribution in [-0.2, 0) is 4.79 Å². The van der Waals surface area contributed by atoms with Crippen LogP contribution in [0, 0.1) is 0 Å². The Morgan fingerprint density at radius 2 is 1.75 bits per heavy atom. The molecule has 0 aromatic heterocycles. The number of carbonyl (C=O) groups is 2. The first-order chi connectivity index (χ1) is 13.7. The summed E-state index contributed by atoms with van der Waals surface area (Å²) in [6, 6.07) is 16.7. The Hall–Kier alpha value is -3.02. The number of benzene rings is 2. The normalized spacial score (nSPS) is 14.4. The summed E-state index contributed by atoms with van der Waals surface area (Å²) in [6.07, 6.45) is 1.82. The van der Waals surface area contributed by atoms with Gasteiger partial charge < -0.3 is 19.7 Å². The molecule has 3 rings (SSSR count). The van der Waals surface area contributed by atoms with Crippen LogP contribution in [0.1, 0.15) is 29.6 Å². The molecule has 0 bridgehead atoms. The van der Waals surface area contributed by atoms with Crippen molar-refractivity contribution in [2.24, 2.45) is 0 Å². The smallest absolute Gasteiger partial charge is 0.253 e. The van der Waals surface area contributed by atoms with Gasteiger partial charge in [-0.05, 0) is 43.2 Å². The Morgan fingerprint density at radius 1 is 1.04 bits per heavy atom. The lowest BCUT2D eigenvalue weighted by atomic mass is 10.0. The van der Waals surface area contributed by atoms with Gasteiger partial charge in [-0.3, -0.25) is 9.59 Å². The molecule has 0 atom stereocenters. The van der Waals surface area contributed by atoms with Crippen LogP contribution < -0.4 is 14.8 Å². The predicted octanol–water partition coefficient (Wildman–Crippen LogP) is 2.89. The van der Waals surface area contributed by atoms with Gasteiger partial charge >= 0.3 is 0 Å². The fourth-order valence-corrected chi connectivity index (χ4v) is 3.24. The van der Waals surface area contributed by atoms with E-state index in [1.165, 1.54) is 0 Å². The number of para-hydroxylation sites is 1. The van der Waals surface area contributed by atoms with Gasteiger partial charge in [-0.1, -0.05) is 24.3 Å². The summed E-state index contributed by atoms with van der Waals surface area (Å²) < 4.78 is 10.7. The van der Waals surface area contributed by atoms with Crippen LogP contribution in [-0.4, -0.2) is 49.6 Å². The number of hydrogen-bond donors (Lipinski definition) is 1. The Morgan fingerprint density at radius 3 is 2.46 bits per heavy atom. The van der Waals surface area contributed by atoms with E-state index in [9.17, 15) is 9.59 Å². The van der Waals surface area contributed by atoms with Gasteiger partial charge in [-0.25, -0.2) is 0 Å². The maximum absolute atomic E-state index is 12.6. The molecule has 0 aliphatic carbocycles. The van der Waals surface area contributed by atoms with Gasteiger partial charge in [0.2, 0.25) is 5.91 Å². The topological polar surface area (TPSA) is 67.9 Å². The van der Waals surface area contributed by atoms with Crippen molar-refractivity contribution in [2.75, 3.05) is 26.8 Å². The van der Waals surface area contributed by atoms with Gasteiger partial charge in [0.05, 0.1) is 20.1 Å². The molecular formula is C22H26N2O4. The highest BCUT2D eigenvalue weighted by molar-refractivity contribution is 5.94. The minimum Gasteiger partial charge on any atom is -0.497 e. The molecule has 1 heterocycles. The van der Waals surface area contributed by atoms with Crippen LogP contribution in [0.4, 0.5) is 0 Å². The maximum Gasteiger partial charge on any atom is 0.253 e. The Balaban J connectivity index is 1.39. The van der Waals surface area contributed by atoms with Gasteiger partial charge in [0, 0.05) is 24.7 Å². The van der Waals surface area contributed by atoms with Crippen molar-refractivity contribution in [2.45, 2.75) is 25.3 Å². The SMILES string of the molecule is COc1cccc(C(=O)N2CCC(NC(=O)CCOc3ccccc3)CC2)c1. The lowest BCUT2D eigenvalue weighted by molar-refractivity contribution is -0.122. The van der Waals surface area contributed by atoms with Crippen LogP contribution in [0.25, 0.3) is 0 Å². The molecule has 148 valence electrons. The van der Waals surface area contributed by atoms with Crippen molar-refractivity contribution in [1.82, 2.24) is 10.2 Å². The second-order valence-electron chi connectivity index (χ2n) is 6.78. The van der Waals surface area contributed by atoms with Crippen LogP contribution in [0.15, 0.2) is 54.6 Å². The molecule has 0 unspecified atom stereocenters. The van der Waals surface area contributed by atoms with Crippen molar-refractivity contribution >= 4 is 11.8 Å². The van der Waals surface area contributed by atoms with Crippen molar-refractivity contribution in [3.05, 3.63) is 60.2 Å². The van der Waals surface area contributed by atoms with Gasteiger partial charge in [0.25, 0.3) is 5.91 Å². The Labute approximate surface area is 165 Å². The average molecular weight is 382 g/mol. The summed E-state index contributed by atoms with van der Waals surface area (Å²) in [7, 11) is 1.59. The minimum atomic E-state index is -0.0199. The van der Waals surface area contributed by atoms with E-state index in [0.29, 0.717) is 37.4 Å². The third-order valence-corrected chi connectivity index (χ3v) is 4.81. The third kappa shape index (κ3) is 5.49. The molecule has 6 nitrogen and oxygen atoms in total. The lowest BCUT2D eigenvalue weighted by Gasteiger charge is -2.32. The molecule has 1 saturated heterocycles. The van der Waals surface area contributed by atoms with Crippen LogP contribution in [0.2, 0.25) is 0 Å². The van der Waals surface area contributed by atoms with Gasteiger partial charge in [-0.2, -0.15) is 0 Å². The predicted molar refractivity (Wildman–Crippen MR) is 107 cm³/mol. The maximum atomic E-state index is 12.6. The Kier molecular flexibility index (Phi) is 6.89. The van der Waals surface area contributed by atoms with E-state index in [4.69, 9.17) is 9.47 Å². The molecule has 0 spiro atoms. The third-order valence-electron chi connectivity index (χ3n) is 4.81. The summed E-state index contributed by atoms with van der Waals surface area (Å²) in [5, 5.41) is 3.05. The van der Waals surface area contributed by atoms with Crippen LogP contribution in [0.3, 0.4) is 0 Å². The standard InChI is InChI=1S/C22H26N2O4/c1-27-20-9-5-6-17(16-20)22(26)24-13-10-18(11-14-24)23-21(25)12-15-28-19-7-3-2-4-8-19/h2-9,16,18H,10-15H2,1H3,(H,23,25). The molecule has 2 amide bonds. The molecular weight excluding hydrogens is 356 g/mol. The van der Waals surface area contributed by atoms with Gasteiger partial charge in [-0.15, -0.1) is 0 Å². The van der Waals surface area contributed by atoms with Crippen molar-refractivity contribution < 1.29 is 19.1 Å². The first-order valence-electron chi connectivity index (χ1n) is 9.56. The number of likely N-dealkylation sites (tertiary alicyclic amines) is 1. The molecule has 1 N–H and O–H groups in total. The van der Waals surface area contributed by atoms with E-state index in [1.54, 1.807) is 19.2 Å². The first kappa shape index (κ1) is 19.7. The van der Waals surface area contributed by atoms with Gasteiger partial charge in [0.1, 0.15) is 11.5 Å². The molecule has 1 fully saturated rings. The zero-order valence-corrected chi connectivity index (χ0v) is 16.1. The number of hydrogen-bond acceptors (Lipinski definition) is 4. The van der Waals surface area contributed by atoms with E-state index < -0.39 is 0 Å². The summed E-state index contributed by atoms with van der Waals surface area (Å²) in [6.45, 7) is 1.60. The Bertz CT molecular complexity index is 786. The highest BCUT2D eigenvalue weighted by Gasteiger charge is 2.24. The van der Waals surface area contributed by atoms with E-state index in [0.717, 1.165) is 18.6 Å². The zero-order valence-electron chi connectivity index (χ0n) is 16.1. The number of carbonyl (C=O) groups excluding carboxylic acids is 2. The lowest BCUT2D eigenvalue weighted by Crippen LogP contribution is -2.46. The summed E-state index contributed by atoms with van der Waals surface area (Å²) in [5.74, 6) is 1.42. The summed E-state index contributed by atoms with van der Waals surface area (Å²) in [5.41, 5.74) is 0.625. The van der Waals surface area contributed by atoms with Crippen molar-refractivity contribution in [1.29, 1.82) is 0 Å². The van der Waals surface area contributed by atoms with E-state index in [-0.39, 0.29) is 17.9 Å². The largest absolute Gasteiger partial charge is 0.497 e. The van der Waals surface area contributed by atoms with E-state index in [1.807, 2.05) is 47.4 Å². The number of methoxy groups -OCH3 is 1. The van der Waals surface area contributed by atoms with E-state index in [2.05, 4.69) is 5.32 Å². The number of rotatable bonds is 7. The number of ether oxygens (including phenoxy) is 2. The average Bonchev–Trinajstić information content (AvgIpc) is 2.74. The summed E-state index contributed by atoms with van der Waals surface area (Å²) >= 11 is 0. The number of piperidine rings is 1. The fraction of sp³-hybridized carbons (Fsp3) is 0.364. The molecule has 2 aromatic carbocycles.